The van der Waals surface area contributed by atoms with Gasteiger partial charge in [0.2, 0.25) is 0 Å². The number of ether oxygens (including phenoxy) is 1. The first-order valence-electron chi connectivity index (χ1n) is 9.06. The summed E-state index contributed by atoms with van der Waals surface area (Å²) >= 11 is 0. The number of aliphatic hydroxyl groups is 1. The van der Waals surface area contributed by atoms with Gasteiger partial charge in [-0.3, -0.25) is 9.69 Å². The number of carboxylic acid groups (broad SMARTS) is 1. The van der Waals surface area contributed by atoms with Crippen LogP contribution in [0.25, 0.3) is 0 Å². The maximum Gasteiger partial charge on any atom is 0.303 e. The average Bonchev–Trinajstić information content (AvgIpc) is 3.00. The second kappa shape index (κ2) is 7.76. The molecule has 0 aromatic carbocycles. The Bertz CT molecular complexity index is 616. The maximum absolute atomic E-state index is 10.8. The van der Waals surface area contributed by atoms with Crippen LogP contribution in [0.5, 0.6) is 0 Å². The molecule has 2 fully saturated rings. The minimum absolute atomic E-state index is 0.0734. The molecule has 1 atom stereocenters. The summed E-state index contributed by atoms with van der Waals surface area (Å²) in [5.41, 5.74) is 0.945. The van der Waals surface area contributed by atoms with Crippen LogP contribution in [-0.4, -0.2) is 63.0 Å². The predicted molar refractivity (Wildman–Crippen MR) is 91.3 cm³/mol. The summed E-state index contributed by atoms with van der Waals surface area (Å²) in [4.78, 5) is 22.3. The van der Waals surface area contributed by atoms with Crippen LogP contribution in [0, 0.1) is 6.92 Å². The molecule has 0 spiro atoms. The fourth-order valence-electron chi connectivity index (χ4n) is 3.77. The molecule has 2 aliphatic rings. The van der Waals surface area contributed by atoms with Gasteiger partial charge in [0.25, 0.3) is 0 Å². The second-order valence-electron chi connectivity index (χ2n) is 7.22. The molecule has 0 radical (unpaired) electrons. The van der Waals surface area contributed by atoms with E-state index in [1.807, 2.05) is 13.0 Å². The quantitative estimate of drug-likeness (QED) is 0.803. The fourth-order valence-corrected chi connectivity index (χ4v) is 3.77. The molecule has 0 amide bonds. The van der Waals surface area contributed by atoms with Crippen LogP contribution in [-0.2, 0) is 16.0 Å². The van der Waals surface area contributed by atoms with Gasteiger partial charge in [-0.1, -0.05) is 0 Å². The highest BCUT2D eigenvalue weighted by atomic mass is 16.5. The number of aryl methyl sites for hydroxylation is 2. The molecule has 2 saturated heterocycles. The molecule has 0 aliphatic carbocycles. The van der Waals surface area contributed by atoms with Crippen LogP contribution in [0.15, 0.2) is 6.07 Å². The first kappa shape index (κ1) is 18.2. The minimum atomic E-state index is -0.818. The normalized spacial score (nSPS) is 23.7. The van der Waals surface area contributed by atoms with E-state index in [-0.39, 0.29) is 12.5 Å². The molecule has 0 unspecified atom stereocenters. The van der Waals surface area contributed by atoms with Gasteiger partial charge in [0.15, 0.2) is 0 Å². The smallest absolute Gasteiger partial charge is 0.303 e. The number of carboxylic acids is 1. The SMILES string of the molecule is Cc1cc(CCC(=O)O)nc([C@H]2CCCN2CC2(O)CCOCC2)n1. The third kappa shape index (κ3) is 4.74. The number of hydrogen-bond acceptors (Lipinski definition) is 6. The molecule has 0 bridgehead atoms. The van der Waals surface area contributed by atoms with E-state index in [2.05, 4.69) is 14.9 Å². The Morgan fingerprint density at radius 2 is 2.16 bits per heavy atom. The Hall–Kier alpha value is -1.57. The van der Waals surface area contributed by atoms with E-state index < -0.39 is 11.6 Å². The standard InChI is InChI=1S/C18H27N3O4/c1-13-11-14(4-5-16(22)23)20-17(19-13)15-3-2-8-21(15)12-18(24)6-9-25-10-7-18/h11,15,24H,2-10,12H2,1H3,(H,22,23)/t15-/m1/s1. The van der Waals surface area contributed by atoms with Crippen molar-refractivity contribution in [3.63, 3.8) is 0 Å². The first-order valence-corrected chi connectivity index (χ1v) is 9.06. The Balaban J connectivity index is 1.74. The number of hydrogen-bond donors (Lipinski definition) is 2. The van der Waals surface area contributed by atoms with Gasteiger partial charge in [0.1, 0.15) is 5.82 Å². The fraction of sp³-hybridized carbons (Fsp3) is 0.722. The number of rotatable bonds is 6. The van der Waals surface area contributed by atoms with E-state index in [4.69, 9.17) is 9.84 Å². The van der Waals surface area contributed by atoms with Crippen LogP contribution in [0.2, 0.25) is 0 Å². The average molecular weight is 349 g/mol. The molecule has 7 nitrogen and oxygen atoms in total. The number of carbonyl (C=O) groups is 1. The summed E-state index contributed by atoms with van der Waals surface area (Å²) in [6.07, 6.45) is 3.83. The van der Waals surface area contributed by atoms with Crippen molar-refractivity contribution in [3.05, 3.63) is 23.3 Å². The summed E-state index contributed by atoms with van der Waals surface area (Å²) in [6.45, 7) is 4.67. The Kier molecular flexibility index (Phi) is 5.66. The van der Waals surface area contributed by atoms with Crippen molar-refractivity contribution < 1.29 is 19.7 Å². The van der Waals surface area contributed by atoms with Crippen molar-refractivity contribution in [1.82, 2.24) is 14.9 Å². The van der Waals surface area contributed by atoms with Crippen molar-refractivity contribution >= 4 is 5.97 Å². The Morgan fingerprint density at radius 1 is 1.40 bits per heavy atom. The van der Waals surface area contributed by atoms with Crippen LogP contribution < -0.4 is 0 Å². The molecule has 0 saturated carbocycles. The molecular weight excluding hydrogens is 322 g/mol. The van der Waals surface area contributed by atoms with Gasteiger partial charge in [-0.15, -0.1) is 0 Å². The van der Waals surface area contributed by atoms with E-state index in [1.54, 1.807) is 0 Å². The number of aromatic nitrogens is 2. The molecular formula is C18H27N3O4. The van der Waals surface area contributed by atoms with Crippen molar-refractivity contribution in [1.29, 1.82) is 0 Å². The van der Waals surface area contributed by atoms with Crippen LogP contribution in [0.3, 0.4) is 0 Å². The van der Waals surface area contributed by atoms with Gasteiger partial charge >= 0.3 is 5.97 Å². The van der Waals surface area contributed by atoms with Crippen LogP contribution in [0.4, 0.5) is 0 Å². The van der Waals surface area contributed by atoms with Gasteiger partial charge in [-0.2, -0.15) is 0 Å². The molecule has 25 heavy (non-hydrogen) atoms. The summed E-state index contributed by atoms with van der Waals surface area (Å²) in [6, 6.07) is 1.95. The largest absolute Gasteiger partial charge is 0.481 e. The highest BCUT2D eigenvalue weighted by Gasteiger charge is 2.37. The van der Waals surface area contributed by atoms with Gasteiger partial charge in [-0.05, 0) is 32.4 Å². The number of nitrogens with zero attached hydrogens (tertiary/aromatic N) is 3. The van der Waals surface area contributed by atoms with E-state index in [9.17, 15) is 9.90 Å². The molecule has 7 heteroatoms. The third-order valence-electron chi connectivity index (χ3n) is 5.10. The summed E-state index contributed by atoms with van der Waals surface area (Å²) in [5.74, 6) is -0.0596. The lowest BCUT2D eigenvalue weighted by Gasteiger charge is -2.37. The molecule has 1 aromatic heterocycles. The lowest BCUT2D eigenvalue weighted by atomic mass is 9.93. The summed E-state index contributed by atoms with van der Waals surface area (Å²) in [5, 5.41) is 19.7. The molecule has 2 aliphatic heterocycles. The monoisotopic (exact) mass is 349 g/mol. The molecule has 3 rings (SSSR count). The van der Waals surface area contributed by atoms with Gasteiger partial charge in [0.05, 0.1) is 18.1 Å². The maximum atomic E-state index is 10.8. The van der Waals surface area contributed by atoms with E-state index >= 15 is 0 Å². The minimum Gasteiger partial charge on any atom is -0.481 e. The van der Waals surface area contributed by atoms with Crippen LogP contribution in [0.1, 0.15) is 55.4 Å². The highest BCUT2D eigenvalue weighted by molar-refractivity contribution is 5.66. The zero-order valence-electron chi connectivity index (χ0n) is 14.8. The number of aliphatic carboxylic acids is 1. The lowest BCUT2D eigenvalue weighted by Crippen LogP contribution is -2.46. The number of β-amino-alcohol motifs (C(OH)–C–C–N with tert-alkyl or cyclic N) is 1. The van der Waals surface area contributed by atoms with Crippen molar-refractivity contribution in [2.24, 2.45) is 0 Å². The van der Waals surface area contributed by atoms with Crippen LogP contribution >= 0.6 is 0 Å². The predicted octanol–water partition coefficient (Wildman–Crippen LogP) is 1.48. The molecule has 1 aromatic rings. The summed E-state index contributed by atoms with van der Waals surface area (Å²) < 4.78 is 5.37. The second-order valence-corrected chi connectivity index (χ2v) is 7.22. The molecule has 3 heterocycles. The van der Waals surface area contributed by atoms with E-state index in [0.717, 1.165) is 36.6 Å². The van der Waals surface area contributed by atoms with Gasteiger partial charge in [0, 0.05) is 50.4 Å². The van der Waals surface area contributed by atoms with Gasteiger partial charge < -0.3 is 14.9 Å². The number of likely N-dealkylation sites (tertiary alicyclic amines) is 1. The van der Waals surface area contributed by atoms with Crippen molar-refractivity contribution in [3.8, 4) is 0 Å². The topological polar surface area (TPSA) is 95.8 Å². The molecule has 138 valence electrons. The van der Waals surface area contributed by atoms with Crippen molar-refractivity contribution in [2.45, 2.75) is 57.1 Å². The Morgan fingerprint density at radius 3 is 2.88 bits per heavy atom. The van der Waals surface area contributed by atoms with E-state index in [0.29, 0.717) is 39.0 Å². The van der Waals surface area contributed by atoms with Gasteiger partial charge in [-0.25, -0.2) is 9.97 Å². The zero-order chi connectivity index (χ0) is 17.9. The first-order chi connectivity index (χ1) is 12.0. The van der Waals surface area contributed by atoms with Crippen molar-refractivity contribution in [2.75, 3.05) is 26.3 Å². The third-order valence-corrected chi connectivity index (χ3v) is 5.10. The summed E-state index contributed by atoms with van der Waals surface area (Å²) in [7, 11) is 0. The van der Waals surface area contributed by atoms with E-state index in [1.165, 1.54) is 0 Å². The zero-order valence-corrected chi connectivity index (χ0v) is 14.8. The Labute approximate surface area is 148 Å². The highest BCUT2D eigenvalue weighted by Crippen LogP contribution is 2.33. The lowest BCUT2D eigenvalue weighted by molar-refractivity contribution is -0.137. The molecule has 2 N–H and O–H groups in total.